The third kappa shape index (κ3) is 3.28. The fourth-order valence-corrected chi connectivity index (χ4v) is 3.20. The van der Waals surface area contributed by atoms with Crippen molar-refractivity contribution in [2.24, 2.45) is 5.41 Å². The smallest absolute Gasteiger partial charge is 0.323 e. The Morgan fingerprint density at radius 2 is 1.86 bits per heavy atom. The zero-order valence-electron chi connectivity index (χ0n) is 12.8. The molecule has 0 aromatic carbocycles. The molecule has 2 rings (SSSR count). The Labute approximate surface area is 125 Å². The lowest BCUT2D eigenvalue weighted by molar-refractivity contribution is -0.137. The van der Waals surface area contributed by atoms with E-state index in [1.54, 1.807) is 18.3 Å². The molecule has 1 saturated heterocycles. The van der Waals surface area contributed by atoms with Gasteiger partial charge in [0, 0.05) is 19.3 Å². The maximum Gasteiger partial charge on any atom is 0.323 e. The van der Waals surface area contributed by atoms with Gasteiger partial charge in [-0.25, -0.2) is 0 Å². The number of likely N-dealkylation sites (tertiary alicyclic amines) is 1. The van der Waals surface area contributed by atoms with E-state index in [1.165, 1.54) is 4.57 Å². The molecule has 1 fully saturated rings. The first kappa shape index (κ1) is 15.6. The molecule has 0 atom stereocenters. The van der Waals surface area contributed by atoms with E-state index >= 15 is 0 Å². The van der Waals surface area contributed by atoms with Crippen LogP contribution in [0.4, 0.5) is 0 Å². The molecule has 1 aromatic rings. The number of carbonyl (C=O) groups is 2. The van der Waals surface area contributed by atoms with Crippen molar-refractivity contribution in [1.29, 1.82) is 0 Å². The number of hydrogen-bond acceptors (Lipinski definition) is 2. The zero-order chi connectivity index (χ0) is 15.5. The van der Waals surface area contributed by atoms with Crippen LogP contribution in [0.25, 0.3) is 0 Å². The molecule has 116 valence electrons. The van der Waals surface area contributed by atoms with Crippen LogP contribution in [0.15, 0.2) is 18.3 Å². The summed E-state index contributed by atoms with van der Waals surface area (Å²) in [7, 11) is 0. The maximum atomic E-state index is 12.6. The van der Waals surface area contributed by atoms with Crippen LogP contribution in [0.1, 0.15) is 50.0 Å². The van der Waals surface area contributed by atoms with E-state index in [-0.39, 0.29) is 12.5 Å². The summed E-state index contributed by atoms with van der Waals surface area (Å²) in [5, 5.41) is 8.89. The van der Waals surface area contributed by atoms with Gasteiger partial charge in [-0.05, 0) is 30.4 Å². The molecule has 0 bridgehead atoms. The molecule has 0 spiro atoms. The lowest BCUT2D eigenvalue weighted by Gasteiger charge is -2.41. The predicted octanol–water partition coefficient (Wildman–Crippen LogP) is 2.62. The van der Waals surface area contributed by atoms with Crippen molar-refractivity contribution in [3.05, 3.63) is 24.0 Å². The summed E-state index contributed by atoms with van der Waals surface area (Å²) in [6.45, 7) is 5.80. The number of rotatable bonds is 5. The number of nitrogens with zero attached hydrogens (tertiary/aromatic N) is 2. The van der Waals surface area contributed by atoms with Crippen LogP contribution in [0.2, 0.25) is 0 Å². The normalized spacial score (nSPS) is 17.7. The lowest BCUT2D eigenvalue weighted by Crippen LogP contribution is -2.43. The van der Waals surface area contributed by atoms with Crippen LogP contribution < -0.4 is 0 Å². The van der Waals surface area contributed by atoms with Gasteiger partial charge in [0.1, 0.15) is 12.2 Å². The quantitative estimate of drug-likeness (QED) is 0.907. The van der Waals surface area contributed by atoms with Crippen LogP contribution in [0.3, 0.4) is 0 Å². The van der Waals surface area contributed by atoms with Gasteiger partial charge >= 0.3 is 5.97 Å². The van der Waals surface area contributed by atoms with Crippen LogP contribution in [-0.4, -0.2) is 39.5 Å². The lowest BCUT2D eigenvalue weighted by atomic mass is 9.74. The fourth-order valence-electron chi connectivity index (χ4n) is 3.20. The molecule has 0 unspecified atom stereocenters. The highest BCUT2D eigenvalue weighted by Gasteiger charge is 2.33. The Morgan fingerprint density at radius 3 is 2.38 bits per heavy atom. The minimum absolute atomic E-state index is 0.0537. The van der Waals surface area contributed by atoms with Gasteiger partial charge in [-0.2, -0.15) is 0 Å². The second-order valence-corrected chi connectivity index (χ2v) is 5.91. The van der Waals surface area contributed by atoms with E-state index < -0.39 is 5.97 Å². The van der Waals surface area contributed by atoms with Crippen LogP contribution in [0, 0.1) is 5.41 Å². The number of aliphatic carboxylic acids is 1. The minimum Gasteiger partial charge on any atom is -0.480 e. The standard InChI is InChI=1S/C16H24N2O3/c1-3-16(4-2)7-10-17(11-8-16)15(21)13-6-5-9-18(13)12-14(19)20/h5-6,9H,3-4,7-8,10-12H2,1-2H3,(H,19,20). The highest BCUT2D eigenvalue weighted by molar-refractivity contribution is 5.93. The molecule has 2 heterocycles. The van der Waals surface area contributed by atoms with E-state index in [9.17, 15) is 9.59 Å². The number of aromatic nitrogens is 1. The Kier molecular flexibility index (Phi) is 4.70. The average Bonchev–Trinajstić information content (AvgIpc) is 2.94. The summed E-state index contributed by atoms with van der Waals surface area (Å²) in [5.41, 5.74) is 0.845. The van der Waals surface area contributed by atoms with Gasteiger partial charge in [-0.1, -0.05) is 26.7 Å². The fraction of sp³-hybridized carbons (Fsp3) is 0.625. The van der Waals surface area contributed by atoms with Gasteiger partial charge in [-0.15, -0.1) is 0 Å². The SMILES string of the molecule is CCC1(CC)CCN(C(=O)c2cccn2CC(=O)O)CC1. The monoisotopic (exact) mass is 292 g/mol. The van der Waals surface area contributed by atoms with E-state index in [2.05, 4.69) is 13.8 Å². The predicted molar refractivity (Wildman–Crippen MR) is 80.2 cm³/mol. The third-order valence-corrected chi connectivity index (χ3v) is 4.97. The number of carbonyl (C=O) groups excluding carboxylic acids is 1. The largest absolute Gasteiger partial charge is 0.480 e. The topological polar surface area (TPSA) is 62.5 Å². The van der Waals surface area contributed by atoms with E-state index in [0.717, 1.165) is 38.8 Å². The second kappa shape index (κ2) is 6.33. The third-order valence-electron chi connectivity index (χ3n) is 4.97. The van der Waals surface area contributed by atoms with Gasteiger partial charge in [0.25, 0.3) is 5.91 Å². The summed E-state index contributed by atoms with van der Waals surface area (Å²) in [5.74, 6) is -0.989. The van der Waals surface area contributed by atoms with E-state index in [4.69, 9.17) is 5.11 Å². The molecular weight excluding hydrogens is 268 g/mol. The summed E-state index contributed by atoms with van der Waals surface area (Å²) in [4.78, 5) is 25.3. The van der Waals surface area contributed by atoms with Gasteiger partial charge < -0.3 is 14.6 Å². The van der Waals surface area contributed by atoms with Crippen molar-refractivity contribution in [2.75, 3.05) is 13.1 Å². The van der Waals surface area contributed by atoms with Crippen molar-refractivity contribution in [3.8, 4) is 0 Å². The number of carboxylic acids is 1. The molecule has 1 N–H and O–H groups in total. The van der Waals surface area contributed by atoms with Crippen molar-refractivity contribution in [2.45, 2.75) is 46.1 Å². The van der Waals surface area contributed by atoms with Crippen LogP contribution in [-0.2, 0) is 11.3 Å². The molecule has 21 heavy (non-hydrogen) atoms. The molecule has 5 heteroatoms. The number of piperidine rings is 1. The molecule has 0 radical (unpaired) electrons. The first-order valence-corrected chi connectivity index (χ1v) is 7.67. The first-order chi connectivity index (χ1) is 10.0. The van der Waals surface area contributed by atoms with Crippen molar-refractivity contribution >= 4 is 11.9 Å². The number of carboxylic acid groups (broad SMARTS) is 1. The molecule has 1 aromatic heterocycles. The minimum atomic E-state index is -0.935. The first-order valence-electron chi connectivity index (χ1n) is 7.67. The molecule has 1 amide bonds. The van der Waals surface area contributed by atoms with Gasteiger partial charge in [-0.3, -0.25) is 9.59 Å². The van der Waals surface area contributed by atoms with Crippen LogP contribution in [0.5, 0.6) is 0 Å². The molecule has 0 aliphatic carbocycles. The summed E-state index contributed by atoms with van der Waals surface area (Å²) < 4.78 is 1.51. The Balaban J connectivity index is 2.06. The van der Waals surface area contributed by atoms with Crippen molar-refractivity contribution in [3.63, 3.8) is 0 Å². The van der Waals surface area contributed by atoms with E-state index in [1.807, 2.05) is 4.90 Å². The Bertz CT molecular complexity index is 507. The molecule has 1 aliphatic rings. The Morgan fingerprint density at radius 1 is 1.24 bits per heavy atom. The number of amides is 1. The van der Waals surface area contributed by atoms with Crippen molar-refractivity contribution < 1.29 is 14.7 Å². The summed E-state index contributed by atoms with van der Waals surface area (Å²) in [6, 6.07) is 3.43. The van der Waals surface area contributed by atoms with Crippen molar-refractivity contribution in [1.82, 2.24) is 9.47 Å². The maximum absolute atomic E-state index is 12.6. The van der Waals surface area contributed by atoms with Crippen LogP contribution >= 0.6 is 0 Å². The Hall–Kier alpha value is -1.78. The van der Waals surface area contributed by atoms with Gasteiger partial charge in [0.05, 0.1) is 0 Å². The number of hydrogen-bond donors (Lipinski definition) is 1. The molecule has 5 nitrogen and oxygen atoms in total. The second-order valence-electron chi connectivity index (χ2n) is 5.91. The molecular formula is C16H24N2O3. The van der Waals surface area contributed by atoms with Gasteiger partial charge in [0.15, 0.2) is 0 Å². The average molecular weight is 292 g/mol. The highest BCUT2D eigenvalue weighted by Crippen LogP contribution is 2.38. The van der Waals surface area contributed by atoms with E-state index in [0.29, 0.717) is 11.1 Å². The summed E-state index contributed by atoms with van der Waals surface area (Å²) >= 11 is 0. The molecule has 0 saturated carbocycles. The summed E-state index contributed by atoms with van der Waals surface area (Å²) in [6.07, 6.45) is 6.02. The highest BCUT2D eigenvalue weighted by atomic mass is 16.4. The van der Waals surface area contributed by atoms with Gasteiger partial charge in [0.2, 0.25) is 0 Å². The zero-order valence-corrected chi connectivity index (χ0v) is 12.8. The molecule has 1 aliphatic heterocycles.